The highest BCUT2D eigenvalue weighted by atomic mass is 32.2. The van der Waals surface area contributed by atoms with Gasteiger partial charge in [0.1, 0.15) is 15.7 Å². The average molecular weight is 500 g/mol. The van der Waals surface area contributed by atoms with Crippen molar-refractivity contribution in [3.63, 3.8) is 0 Å². The number of ether oxygens (including phenoxy) is 2. The molecule has 0 radical (unpaired) electrons. The molecule has 2 aromatic heterocycles. The maximum absolute atomic E-state index is 14.7. The highest BCUT2D eigenvalue weighted by Gasteiger charge is 2.26. The van der Waals surface area contributed by atoms with Crippen LogP contribution in [0.3, 0.4) is 0 Å². The number of aryl methyl sites for hydroxylation is 1. The van der Waals surface area contributed by atoms with Crippen molar-refractivity contribution < 1.29 is 22.3 Å². The number of benzene rings is 2. The SMILES string of the molecule is CCOc1nc(C(CS(C)(=O)=O)n2c(=O)[nH]c3cc(-c4cccc(C)c4F)ccc32)ccc1OC. The van der Waals surface area contributed by atoms with Gasteiger partial charge in [-0.05, 0) is 49.2 Å². The van der Waals surface area contributed by atoms with E-state index in [0.717, 1.165) is 6.26 Å². The Morgan fingerprint density at radius 2 is 1.94 bits per heavy atom. The molecular weight excluding hydrogens is 473 g/mol. The van der Waals surface area contributed by atoms with Crippen LogP contribution in [0, 0.1) is 12.7 Å². The van der Waals surface area contributed by atoms with Crippen molar-refractivity contribution in [3.8, 4) is 22.8 Å². The molecule has 0 saturated heterocycles. The van der Waals surface area contributed by atoms with Crippen LogP contribution in [0.2, 0.25) is 0 Å². The molecule has 4 rings (SSSR count). The fourth-order valence-corrected chi connectivity index (χ4v) is 4.97. The van der Waals surface area contributed by atoms with Gasteiger partial charge in [0.2, 0.25) is 0 Å². The van der Waals surface area contributed by atoms with Crippen LogP contribution < -0.4 is 15.2 Å². The lowest BCUT2D eigenvalue weighted by molar-refractivity contribution is 0.296. The van der Waals surface area contributed by atoms with Gasteiger partial charge in [-0.25, -0.2) is 22.6 Å². The quantitative estimate of drug-likeness (QED) is 0.395. The lowest BCUT2D eigenvalue weighted by Gasteiger charge is -2.19. The second kappa shape index (κ2) is 9.53. The number of nitrogens with zero attached hydrogens (tertiary/aromatic N) is 2. The molecule has 0 aliphatic rings. The number of pyridine rings is 1. The second-order valence-corrected chi connectivity index (χ2v) is 10.4. The number of fused-ring (bicyclic) bond motifs is 1. The number of aromatic nitrogens is 3. The minimum Gasteiger partial charge on any atom is -0.491 e. The zero-order chi connectivity index (χ0) is 25.3. The second-order valence-electron chi connectivity index (χ2n) is 8.25. The molecule has 1 unspecified atom stereocenters. The fourth-order valence-electron chi connectivity index (χ4n) is 4.08. The molecule has 0 amide bonds. The van der Waals surface area contributed by atoms with Crippen molar-refractivity contribution in [3.05, 3.63) is 76.1 Å². The van der Waals surface area contributed by atoms with E-state index in [1.54, 1.807) is 62.4 Å². The Bertz CT molecular complexity index is 1560. The largest absolute Gasteiger partial charge is 0.491 e. The van der Waals surface area contributed by atoms with E-state index in [-0.39, 0.29) is 17.5 Å². The smallest absolute Gasteiger partial charge is 0.327 e. The molecule has 4 aromatic rings. The predicted molar refractivity (Wildman–Crippen MR) is 132 cm³/mol. The maximum atomic E-state index is 14.7. The first-order chi connectivity index (χ1) is 16.6. The fraction of sp³-hybridized carbons (Fsp3) is 0.280. The summed E-state index contributed by atoms with van der Waals surface area (Å²) < 4.78 is 51.6. The van der Waals surface area contributed by atoms with Crippen LogP contribution >= 0.6 is 0 Å². The number of methoxy groups -OCH3 is 1. The molecule has 1 atom stereocenters. The monoisotopic (exact) mass is 499 g/mol. The molecule has 0 fully saturated rings. The zero-order valence-electron chi connectivity index (χ0n) is 19.8. The van der Waals surface area contributed by atoms with Crippen LogP contribution in [0.5, 0.6) is 11.6 Å². The van der Waals surface area contributed by atoms with Crippen molar-refractivity contribution in [2.24, 2.45) is 0 Å². The van der Waals surface area contributed by atoms with Gasteiger partial charge in [-0.2, -0.15) is 0 Å². The summed E-state index contributed by atoms with van der Waals surface area (Å²) in [6, 6.07) is 12.5. The number of rotatable bonds is 8. The van der Waals surface area contributed by atoms with Crippen LogP contribution in [-0.4, -0.2) is 48.7 Å². The summed E-state index contributed by atoms with van der Waals surface area (Å²) in [6.07, 6.45) is 1.10. The Morgan fingerprint density at radius 3 is 2.63 bits per heavy atom. The first-order valence-corrected chi connectivity index (χ1v) is 13.0. The summed E-state index contributed by atoms with van der Waals surface area (Å²) in [5.41, 5.74) is 2.25. The van der Waals surface area contributed by atoms with Gasteiger partial charge in [-0.3, -0.25) is 4.57 Å². The van der Waals surface area contributed by atoms with Crippen LogP contribution in [0.1, 0.15) is 24.2 Å². The predicted octanol–water partition coefficient (Wildman–Crippen LogP) is 3.88. The van der Waals surface area contributed by atoms with Gasteiger partial charge < -0.3 is 14.5 Å². The number of imidazole rings is 1. The lowest BCUT2D eigenvalue weighted by Crippen LogP contribution is -2.29. The van der Waals surface area contributed by atoms with Crippen LogP contribution in [-0.2, 0) is 9.84 Å². The van der Waals surface area contributed by atoms with Crippen LogP contribution in [0.15, 0.2) is 53.3 Å². The first-order valence-electron chi connectivity index (χ1n) is 11.0. The van der Waals surface area contributed by atoms with Gasteiger partial charge in [0.05, 0.1) is 42.2 Å². The molecule has 10 heteroatoms. The highest BCUT2D eigenvalue weighted by Crippen LogP contribution is 2.31. The Balaban J connectivity index is 1.89. The Labute approximate surface area is 202 Å². The number of aromatic amines is 1. The summed E-state index contributed by atoms with van der Waals surface area (Å²) in [4.78, 5) is 20.3. The van der Waals surface area contributed by atoms with E-state index >= 15 is 0 Å². The summed E-state index contributed by atoms with van der Waals surface area (Å²) in [7, 11) is -2.04. The highest BCUT2D eigenvalue weighted by molar-refractivity contribution is 7.90. The first kappa shape index (κ1) is 24.5. The van der Waals surface area contributed by atoms with E-state index in [1.807, 2.05) is 0 Å². The molecule has 1 N–H and O–H groups in total. The van der Waals surface area contributed by atoms with Crippen LogP contribution in [0.4, 0.5) is 4.39 Å². The zero-order valence-corrected chi connectivity index (χ0v) is 20.6. The molecular formula is C25H26FN3O5S. The molecule has 2 heterocycles. The Hall–Kier alpha value is -3.66. The number of sulfone groups is 1. The Kier molecular flexibility index (Phi) is 6.66. The van der Waals surface area contributed by atoms with Crippen LogP contribution in [0.25, 0.3) is 22.2 Å². The van der Waals surface area contributed by atoms with E-state index in [0.29, 0.717) is 45.8 Å². The summed E-state index contributed by atoms with van der Waals surface area (Å²) in [5, 5.41) is 0. The van der Waals surface area contributed by atoms with Crippen molar-refractivity contribution >= 4 is 20.9 Å². The van der Waals surface area contributed by atoms with E-state index in [1.165, 1.54) is 11.7 Å². The topological polar surface area (TPSA) is 103 Å². The third-order valence-corrected chi connectivity index (χ3v) is 6.60. The number of hydrogen-bond acceptors (Lipinski definition) is 6. The minimum absolute atomic E-state index is 0.205. The van der Waals surface area contributed by atoms with Gasteiger partial charge in [0.25, 0.3) is 5.88 Å². The molecule has 8 nitrogen and oxygen atoms in total. The molecule has 0 aliphatic heterocycles. The van der Waals surface area contributed by atoms with Gasteiger partial charge >= 0.3 is 5.69 Å². The van der Waals surface area contributed by atoms with Gasteiger partial charge in [-0.1, -0.05) is 24.3 Å². The number of nitrogens with one attached hydrogen (secondary N) is 1. The maximum Gasteiger partial charge on any atom is 0.327 e. The molecule has 184 valence electrons. The summed E-state index contributed by atoms with van der Waals surface area (Å²) in [5.74, 6) is -0.102. The molecule has 0 aliphatic carbocycles. The van der Waals surface area contributed by atoms with Crippen molar-refractivity contribution in [2.45, 2.75) is 19.9 Å². The summed E-state index contributed by atoms with van der Waals surface area (Å²) in [6.45, 7) is 3.80. The molecule has 0 spiro atoms. The van der Waals surface area contributed by atoms with Crippen molar-refractivity contribution in [1.29, 1.82) is 0 Å². The molecule has 0 saturated carbocycles. The number of H-pyrrole nitrogens is 1. The van der Waals surface area contributed by atoms with E-state index < -0.39 is 21.6 Å². The normalized spacial score (nSPS) is 12.6. The minimum atomic E-state index is -3.52. The van der Waals surface area contributed by atoms with E-state index in [2.05, 4.69) is 9.97 Å². The lowest BCUT2D eigenvalue weighted by atomic mass is 10.0. The average Bonchev–Trinajstić information content (AvgIpc) is 3.13. The van der Waals surface area contributed by atoms with Crippen molar-refractivity contribution in [2.75, 3.05) is 25.7 Å². The van der Waals surface area contributed by atoms with E-state index in [4.69, 9.17) is 9.47 Å². The number of hydrogen-bond donors (Lipinski definition) is 1. The van der Waals surface area contributed by atoms with Crippen molar-refractivity contribution in [1.82, 2.24) is 14.5 Å². The van der Waals surface area contributed by atoms with E-state index in [9.17, 15) is 17.6 Å². The third-order valence-electron chi connectivity index (χ3n) is 5.68. The summed E-state index contributed by atoms with van der Waals surface area (Å²) >= 11 is 0. The van der Waals surface area contributed by atoms with Gasteiger partial charge in [-0.15, -0.1) is 0 Å². The number of halogens is 1. The molecule has 2 aromatic carbocycles. The molecule has 35 heavy (non-hydrogen) atoms. The van der Waals surface area contributed by atoms with Gasteiger partial charge in [0, 0.05) is 11.8 Å². The third kappa shape index (κ3) is 4.93. The standard InChI is InChI=1S/C25H26FN3O5S/c1-5-34-24-22(33-3)12-10-18(27-24)21(14-35(4,31)32)29-20-11-9-16(13-19(20)28-25(29)30)17-8-6-7-15(2)23(17)26/h6-13,21H,5,14H2,1-4H3,(H,28,30). The van der Waals surface area contributed by atoms with Gasteiger partial charge in [0.15, 0.2) is 5.75 Å². The Morgan fingerprint density at radius 1 is 1.17 bits per heavy atom. The molecule has 0 bridgehead atoms.